The van der Waals surface area contributed by atoms with Crippen molar-refractivity contribution in [2.75, 3.05) is 0 Å². The maximum Gasteiger partial charge on any atom is 0.410 e. The van der Waals surface area contributed by atoms with Crippen molar-refractivity contribution in [3.8, 4) is 0 Å². The van der Waals surface area contributed by atoms with Crippen molar-refractivity contribution in [3.05, 3.63) is 0 Å². The van der Waals surface area contributed by atoms with Crippen LogP contribution in [0.25, 0.3) is 0 Å². The SMILES string of the molecule is CC(C)C(C)CC1C(C)N1C(=O)OC(C)(C)C. The second-order valence-electron chi connectivity index (χ2n) is 6.65. The minimum atomic E-state index is -0.395. The van der Waals surface area contributed by atoms with Gasteiger partial charge in [0.05, 0.1) is 12.1 Å². The Morgan fingerprint density at radius 1 is 1.29 bits per heavy atom. The highest BCUT2D eigenvalue weighted by atomic mass is 16.6. The molecule has 1 heterocycles. The third-order valence-electron chi connectivity index (χ3n) is 3.62. The molecule has 0 radical (unpaired) electrons. The van der Waals surface area contributed by atoms with Crippen LogP contribution in [0.1, 0.15) is 54.9 Å². The molecule has 0 spiro atoms. The average molecular weight is 241 g/mol. The van der Waals surface area contributed by atoms with E-state index in [1.165, 1.54) is 0 Å². The van der Waals surface area contributed by atoms with Gasteiger partial charge in [0.2, 0.25) is 0 Å². The molecule has 1 aliphatic rings. The first kappa shape index (κ1) is 14.3. The van der Waals surface area contributed by atoms with E-state index in [0.29, 0.717) is 23.9 Å². The molecule has 0 N–H and O–H groups in total. The van der Waals surface area contributed by atoms with E-state index in [0.717, 1.165) is 6.42 Å². The summed E-state index contributed by atoms with van der Waals surface area (Å²) in [5.74, 6) is 1.32. The molecule has 1 fully saturated rings. The molecule has 0 aromatic rings. The number of carbonyl (C=O) groups excluding carboxylic acids is 1. The van der Waals surface area contributed by atoms with Gasteiger partial charge in [-0.3, -0.25) is 4.90 Å². The molecule has 0 aromatic heterocycles. The quantitative estimate of drug-likeness (QED) is 0.705. The van der Waals surface area contributed by atoms with Crippen LogP contribution in [-0.4, -0.2) is 28.7 Å². The summed E-state index contributed by atoms with van der Waals surface area (Å²) in [7, 11) is 0. The smallest absolute Gasteiger partial charge is 0.410 e. The van der Waals surface area contributed by atoms with Gasteiger partial charge in [0.15, 0.2) is 0 Å². The minimum Gasteiger partial charge on any atom is -0.444 e. The van der Waals surface area contributed by atoms with Crippen LogP contribution >= 0.6 is 0 Å². The van der Waals surface area contributed by atoms with Crippen LogP contribution in [0.15, 0.2) is 0 Å². The Bertz CT molecular complexity index is 280. The number of carbonyl (C=O) groups is 1. The molecule has 3 nitrogen and oxygen atoms in total. The van der Waals surface area contributed by atoms with E-state index in [4.69, 9.17) is 4.74 Å². The van der Waals surface area contributed by atoms with Crippen molar-refractivity contribution in [3.63, 3.8) is 0 Å². The molecule has 0 saturated carbocycles. The predicted molar refractivity (Wildman–Crippen MR) is 69.9 cm³/mol. The first-order chi connectivity index (χ1) is 7.63. The van der Waals surface area contributed by atoms with Gasteiger partial charge in [-0.25, -0.2) is 4.79 Å². The Morgan fingerprint density at radius 2 is 1.82 bits per heavy atom. The highest BCUT2D eigenvalue weighted by molar-refractivity contribution is 5.72. The molecule has 1 rings (SSSR count). The molecule has 0 aliphatic carbocycles. The summed E-state index contributed by atoms with van der Waals surface area (Å²) in [6.45, 7) is 14.5. The van der Waals surface area contributed by atoms with Crippen molar-refractivity contribution in [1.82, 2.24) is 4.90 Å². The van der Waals surface area contributed by atoms with Crippen LogP contribution in [0.4, 0.5) is 4.79 Å². The van der Waals surface area contributed by atoms with Crippen molar-refractivity contribution in [2.24, 2.45) is 11.8 Å². The van der Waals surface area contributed by atoms with Crippen LogP contribution in [0.5, 0.6) is 0 Å². The van der Waals surface area contributed by atoms with Gasteiger partial charge in [-0.2, -0.15) is 0 Å². The lowest BCUT2D eigenvalue weighted by Crippen LogP contribution is -2.28. The fourth-order valence-electron chi connectivity index (χ4n) is 1.99. The molecule has 3 unspecified atom stereocenters. The molecule has 100 valence electrons. The van der Waals surface area contributed by atoms with Gasteiger partial charge in [-0.1, -0.05) is 20.8 Å². The van der Waals surface area contributed by atoms with Crippen LogP contribution in [-0.2, 0) is 4.74 Å². The van der Waals surface area contributed by atoms with Gasteiger partial charge >= 0.3 is 6.09 Å². The molecule has 3 atom stereocenters. The normalized spacial score (nSPS) is 26.0. The summed E-state index contributed by atoms with van der Waals surface area (Å²) in [6.07, 6.45) is 0.920. The van der Waals surface area contributed by atoms with E-state index < -0.39 is 5.60 Å². The summed E-state index contributed by atoms with van der Waals surface area (Å²) < 4.78 is 5.39. The summed E-state index contributed by atoms with van der Waals surface area (Å²) in [6, 6.07) is 0.716. The lowest BCUT2D eigenvalue weighted by molar-refractivity contribution is 0.0391. The van der Waals surface area contributed by atoms with E-state index in [1.807, 2.05) is 25.7 Å². The molecule has 17 heavy (non-hydrogen) atoms. The summed E-state index contributed by atoms with van der Waals surface area (Å²) in [5, 5.41) is 0. The first-order valence-corrected chi connectivity index (χ1v) is 6.64. The van der Waals surface area contributed by atoms with E-state index in [1.54, 1.807) is 0 Å². The number of hydrogen-bond donors (Lipinski definition) is 0. The van der Waals surface area contributed by atoms with Crippen LogP contribution in [0.3, 0.4) is 0 Å². The van der Waals surface area contributed by atoms with Gasteiger partial charge in [0, 0.05) is 0 Å². The summed E-state index contributed by atoms with van der Waals surface area (Å²) in [5.41, 5.74) is -0.395. The number of rotatable bonds is 3. The van der Waals surface area contributed by atoms with E-state index in [9.17, 15) is 4.79 Å². The topological polar surface area (TPSA) is 29.3 Å². The third kappa shape index (κ3) is 3.90. The predicted octanol–water partition coefficient (Wildman–Crippen LogP) is 3.68. The molecule has 1 aliphatic heterocycles. The van der Waals surface area contributed by atoms with Gasteiger partial charge < -0.3 is 4.74 Å². The highest BCUT2D eigenvalue weighted by Crippen LogP contribution is 2.36. The largest absolute Gasteiger partial charge is 0.444 e. The van der Waals surface area contributed by atoms with Gasteiger partial charge in [0.25, 0.3) is 0 Å². The fourth-order valence-corrected chi connectivity index (χ4v) is 1.99. The van der Waals surface area contributed by atoms with Crippen molar-refractivity contribution >= 4 is 6.09 Å². The second-order valence-corrected chi connectivity index (χ2v) is 6.65. The summed E-state index contributed by atoms with van der Waals surface area (Å²) in [4.78, 5) is 13.8. The molecule has 0 bridgehead atoms. The van der Waals surface area contributed by atoms with E-state index >= 15 is 0 Å². The highest BCUT2D eigenvalue weighted by Gasteiger charge is 2.49. The zero-order chi connectivity index (χ0) is 13.4. The minimum absolute atomic E-state index is 0.161. The Balaban J connectivity index is 2.45. The number of hydrogen-bond acceptors (Lipinski definition) is 2. The zero-order valence-electron chi connectivity index (χ0n) is 12.3. The number of ether oxygens (including phenoxy) is 1. The van der Waals surface area contributed by atoms with Crippen LogP contribution in [0, 0.1) is 11.8 Å². The lowest BCUT2D eigenvalue weighted by atomic mass is 9.92. The van der Waals surface area contributed by atoms with Gasteiger partial charge in [-0.15, -0.1) is 0 Å². The maximum absolute atomic E-state index is 11.9. The maximum atomic E-state index is 11.9. The standard InChI is InChI=1S/C14H27NO2/c1-9(2)10(3)8-12-11(4)15(12)13(16)17-14(5,6)7/h9-12H,8H2,1-7H3. The summed E-state index contributed by atoms with van der Waals surface area (Å²) >= 11 is 0. The number of amides is 1. The Labute approximate surface area is 106 Å². The molecule has 3 heteroatoms. The number of nitrogens with zero attached hydrogens (tertiary/aromatic N) is 1. The molecule has 1 saturated heterocycles. The van der Waals surface area contributed by atoms with E-state index in [2.05, 4.69) is 27.7 Å². The monoisotopic (exact) mass is 241 g/mol. The average Bonchev–Trinajstić information content (AvgIpc) is 2.73. The van der Waals surface area contributed by atoms with Crippen molar-refractivity contribution in [1.29, 1.82) is 0 Å². The van der Waals surface area contributed by atoms with Gasteiger partial charge in [0.1, 0.15) is 5.60 Å². The molecule has 1 amide bonds. The first-order valence-electron chi connectivity index (χ1n) is 6.64. The Hall–Kier alpha value is -0.730. The third-order valence-corrected chi connectivity index (χ3v) is 3.62. The lowest BCUT2D eigenvalue weighted by Gasteiger charge is -2.20. The molecular formula is C14H27NO2. The molecular weight excluding hydrogens is 214 g/mol. The second kappa shape index (κ2) is 4.87. The zero-order valence-corrected chi connectivity index (χ0v) is 12.3. The fraction of sp³-hybridized carbons (Fsp3) is 0.929. The van der Waals surface area contributed by atoms with Crippen molar-refractivity contribution in [2.45, 2.75) is 72.6 Å². The Morgan fingerprint density at radius 3 is 2.24 bits per heavy atom. The Kier molecular flexibility index (Phi) is 4.11. The van der Waals surface area contributed by atoms with Crippen LogP contribution in [0.2, 0.25) is 0 Å². The van der Waals surface area contributed by atoms with E-state index in [-0.39, 0.29) is 6.09 Å². The van der Waals surface area contributed by atoms with Gasteiger partial charge in [-0.05, 0) is 46.0 Å². The van der Waals surface area contributed by atoms with Crippen LogP contribution < -0.4 is 0 Å². The van der Waals surface area contributed by atoms with Crippen molar-refractivity contribution < 1.29 is 9.53 Å². The molecule has 0 aromatic carbocycles.